The number of aryl methyl sites for hydroxylation is 3. The summed E-state index contributed by atoms with van der Waals surface area (Å²) < 4.78 is 8.78. The number of likely N-dealkylation sites (tertiary alicyclic amines) is 3. The zero-order valence-corrected chi connectivity index (χ0v) is 57.8. The molecule has 3 saturated carbocycles. The fourth-order valence-corrected chi connectivity index (χ4v) is 14.8. The molecule has 4 aromatic carbocycles. The van der Waals surface area contributed by atoms with Gasteiger partial charge in [0.05, 0.1) is 72.9 Å². The van der Waals surface area contributed by atoms with Crippen LogP contribution in [-0.4, -0.2) is 205 Å². The molecule has 3 saturated heterocycles. The smallest absolute Gasteiger partial charge is 0.342 e. The summed E-state index contributed by atoms with van der Waals surface area (Å²) >= 11 is 0. The van der Waals surface area contributed by atoms with E-state index in [1.54, 1.807) is 12.1 Å². The van der Waals surface area contributed by atoms with Crippen molar-refractivity contribution >= 4 is 91.9 Å². The number of aliphatic hydroxyl groups excluding tert-OH is 1. The fraction of sp³-hybridized carbons (Fsp3) is 0.528. The summed E-state index contributed by atoms with van der Waals surface area (Å²) in [5.74, 6) is 1.81. The van der Waals surface area contributed by atoms with Gasteiger partial charge in [0.15, 0.2) is 17.5 Å². The van der Waals surface area contributed by atoms with Gasteiger partial charge >= 0.3 is 24.1 Å². The number of rotatable bonds is 19. The van der Waals surface area contributed by atoms with Crippen molar-refractivity contribution in [1.29, 1.82) is 0 Å². The maximum absolute atomic E-state index is 12.7. The van der Waals surface area contributed by atoms with E-state index in [9.17, 15) is 38.7 Å². The Labute approximate surface area is 577 Å². The highest BCUT2D eigenvalue weighted by Gasteiger charge is 2.39. The van der Waals surface area contributed by atoms with E-state index in [0.29, 0.717) is 64.7 Å². The van der Waals surface area contributed by atoms with Crippen LogP contribution in [0.1, 0.15) is 126 Å². The molecule has 0 bridgehead atoms. The number of ether oxygens (including phenoxy) is 1. The van der Waals surface area contributed by atoms with Crippen LogP contribution >= 0.6 is 0 Å². The third-order valence-electron chi connectivity index (χ3n) is 20.1. The first-order valence-electron chi connectivity index (χ1n) is 35.2. The Morgan fingerprint density at radius 1 is 0.505 bits per heavy atom. The molecule has 13 rings (SSSR count). The van der Waals surface area contributed by atoms with Crippen LogP contribution in [-0.2, 0) is 23.9 Å². The van der Waals surface area contributed by atoms with Gasteiger partial charge in [0, 0.05) is 79.6 Å². The minimum absolute atomic E-state index is 0.000304. The number of hydrogen-bond donors (Lipinski definition) is 10. The molecule has 3 aliphatic heterocycles. The number of fused-ring (bicyclic) bond motifs is 3. The minimum Gasteiger partial charge on any atom is -0.466 e. The molecular formula is C72H98N18O9. The Bertz CT molecular complexity index is 4000. The second-order valence-corrected chi connectivity index (χ2v) is 28.0. The van der Waals surface area contributed by atoms with Crippen molar-refractivity contribution < 1.29 is 43.4 Å². The van der Waals surface area contributed by atoms with Gasteiger partial charge in [-0.2, -0.15) is 14.0 Å². The quantitative estimate of drug-likeness (QED) is 0.0379. The molecule has 6 aliphatic rings. The lowest BCUT2D eigenvalue weighted by molar-refractivity contribution is -0.149. The molecule has 0 atom stereocenters. The van der Waals surface area contributed by atoms with Crippen molar-refractivity contribution in [1.82, 2.24) is 65.3 Å². The largest absolute Gasteiger partial charge is 0.466 e. The van der Waals surface area contributed by atoms with E-state index in [2.05, 4.69) is 97.5 Å². The number of benzene rings is 4. The van der Waals surface area contributed by atoms with Crippen molar-refractivity contribution in [3.8, 4) is 0 Å². The first-order valence-corrected chi connectivity index (χ1v) is 35.2. The van der Waals surface area contributed by atoms with Gasteiger partial charge in [0.2, 0.25) is 17.7 Å². The summed E-state index contributed by atoms with van der Waals surface area (Å²) in [6.07, 6.45) is 12.3. The highest BCUT2D eigenvalue weighted by Crippen LogP contribution is 2.37. The molecular weight excluding hydrogens is 1260 g/mol. The SMILES string of the molecule is CCOC(=O)C1CCC(N2CC(NC(=O)CNc3nn(C(N)=O)c4ccc(C)cc34)C2)CC1.Cc1ccc2c(c1)c(NCC(=O)NC1CN(C3CCC(O)CC3)C1)nn2C(N)=O.Cc1ccc2c(c1)c(NCC(=O)NC1CN(C3CCC(c4ccccc4)CC3)C1)nn2C(=O)NC(C)C. The van der Waals surface area contributed by atoms with Crippen molar-refractivity contribution in [3.05, 3.63) is 107 Å². The van der Waals surface area contributed by atoms with Gasteiger partial charge in [-0.3, -0.25) is 33.9 Å². The van der Waals surface area contributed by atoms with Crippen LogP contribution < -0.4 is 48.7 Å². The standard InChI is InChI=1S/C29H38N6O2.C23H32N6O4.C20H28N6O3/c1-19(2)31-29(37)35-26-14-9-20(3)15-25(26)28(33-35)30-16-27(36)32-23-17-34(18-23)24-12-10-22(11-13-24)21-7-5-4-6-8-21;1-3-33-22(31)15-5-7-17(8-6-15)28-12-16(13-28)26-20(30)11-25-21-18-10-14(2)4-9-19(18)29(27-21)23(24)32;1-12-2-7-17-16(8-12)19(24-26(17)20(21)29)22-9-18(28)23-13-10-25(11-13)14-3-5-15(27)6-4-14/h4-9,14-15,19,22-24H,10-13,16-18H2,1-3H3,(H,30,33)(H,31,37)(H,32,36);4,9-10,15-17H,3,5-8,11-13H2,1-2H3,(H2,24,32)(H,25,27)(H,26,30);2,7-8,13-15,27H,3-6,9-11H2,1H3,(H2,21,29)(H,22,24)(H,23,28). The molecule has 6 amide bonds. The lowest BCUT2D eigenvalue weighted by atomic mass is 9.80. The van der Waals surface area contributed by atoms with E-state index >= 15 is 0 Å². The molecule has 6 fully saturated rings. The number of carbonyl (C=O) groups is 7. The number of carbonyl (C=O) groups excluding carboxylic acids is 7. The van der Waals surface area contributed by atoms with Crippen molar-refractivity contribution in [2.75, 3.05) is 81.5 Å². The summed E-state index contributed by atoms with van der Waals surface area (Å²) in [5.41, 5.74) is 17.3. The van der Waals surface area contributed by atoms with Crippen LogP contribution in [0.15, 0.2) is 84.9 Å². The van der Waals surface area contributed by atoms with Crippen molar-refractivity contribution in [3.63, 3.8) is 0 Å². The van der Waals surface area contributed by atoms with Crippen LogP contribution in [0.5, 0.6) is 0 Å². The molecule has 27 nitrogen and oxygen atoms in total. The molecule has 530 valence electrons. The highest BCUT2D eigenvalue weighted by atomic mass is 16.5. The van der Waals surface area contributed by atoms with Gasteiger partial charge < -0.3 is 58.5 Å². The Morgan fingerprint density at radius 3 is 1.24 bits per heavy atom. The topological polar surface area (TPSA) is 348 Å². The molecule has 7 aromatic rings. The Morgan fingerprint density at radius 2 is 0.869 bits per heavy atom. The van der Waals surface area contributed by atoms with Gasteiger partial charge in [-0.1, -0.05) is 65.2 Å². The van der Waals surface area contributed by atoms with E-state index < -0.39 is 12.1 Å². The first-order chi connectivity index (χ1) is 47.6. The Balaban J connectivity index is 0.000000151. The lowest BCUT2D eigenvalue weighted by Crippen LogP contribution is -2.63. The zero-order valence-electron chi connectivity index (χ0n) is 57.8. The molecule has 3 aliphatic carbocycles. The number of amides is 6. The predicted octanol–water partition coefficient (Wildman–Crippen LogP) is 6.64. The third-order valence-corrected chi connectivity index (χ3v) is 20.1. The van der Waals surface area contributed by atoms with Gasteiger partial charge in [-0.15, -0.1) is 15.3 Å². The van der Waals surface area contributed by atoms with Gasteiger partial charge in [0.25, 0.3) is 0 Å². The van der Waals surface area contributed by atoms with Gasteiger partial charge in [0.1, 0.15) is 0 Å². The van der Waals surface area contributed by atoms with E-state index in [0.717, 1.165) is 133 Å². The monoisotopic (exact) mass is 1360 g/mol. The summed E-state index contributed by atoms with van der Waals surface area (Å²) in [6, 6.07) is 28.3. The van der Waals surface area contributed by atoms with E-state index in [1.165, 1.54) is 35.9 Å². The van der Waals surface area contributed by atoms with Crippen LogP contribution in [0.4, 0.5) is 31.8 Å². The maximum atomic E-state index is 12.7. The van der Waals surface area contributed by atoms with Crippen molar-refractivity contribution in [2.24, 2.45) is 17.4 Å². The molecule has 12 N–H and O–H groups in total. The number of nitrogens with one attached hydrogen (secondary N) is 7. The molecule has 0 spiro atoms. The minimum atomic E-state index is -0.674. The van der Waals surface area contributed by atoms with Crippen LogP contribution in [0, 0.1) is 26.7 Å². The highest BCUT2D eigenvalue weighted by molar-refractivity contribution is 6.00. The molecule has 0 radical (unpaired) electrons. The summed E-state index contributed by atoms with van der Waals surface area (Å²) in [6.45, 7) is 17.4. The zero-order chi connectivity index (χ0) is 70.0. The number of nitrogens with two attached hydrogens (primary N) is 2. The number of aromatic nitrogens is 6. The van der Waals surface area contributed by atoms with E-state index in [4.69, 9.17) is 16.2 Å². The van der Waals surface area contributed by atoms with Crippen LogP contribution in [0.2, 0.25) is 0 Å². The normalized spacial score (nSPS) is 21.5. The maximum Gasteiger partial charge on any atom is 0.342 e. The second-order valence-electron chi connectivity index (χ2n) is 28.0. The summed E-state index contributed by atoms with van der Waals surface area (Å²) in [7, 11) is 0. The number of nitrogens with zero attached hydrogens (tertiary/aromatic N) is 9. The Kier molecular flexibility index (Phi) is 23.1. The van der Waals surface area contributed by atoms with Gasteiger partial charge in [-0.25, -0.2) is 14.4 Å². The Hall–Kier alpha value is -9.18. The number of anilines is 3. The van der Waals surface area contributed by atoms with Gasteiger partial charge in [-0.05, 0) is 166 Å². The fourth-order valence-electron chi connectivity index (χ4n) is 14.8. The first kappa shape index (κ1) is 71.1. The number of primary amides is 2. The third kappa shape index (κ3) is 17.8. The summed E-state index contributed by atoms with van der Waals surface area (Å²) in [4.78, 5) is 92.6. The number of esters is 1. The summed E-state index contributed by atoms with van der Waals surface area (Å²) in [5, 5.41) is 46.2. The molecule has 0 unspecified atom stereocenters. The van der Waals surface area contributed by atoms with E-state index in [-0.39, 0.29) is 85.5 Å². The van der Waals surface area contributed by atoms with E-state index in [1.807, 2.05) is 84.0 Å². The van der Waals surface area contributed by atoms with Crippen LogP contribution in [0.25, 0.3) is 32.7 Å². The number of aliphatic hydroxyl groups is 1. The van der Waals surface area contributed by atoms with Crippen LogP contribution in [0.3, 0.4) is 0 Å². The molecule has 6 heterocycles. The average Bonchev–Trinajstić information content (AvgIpc) is 1.71. The predicted molar refractivity (Wildman–Crippen MR) is 380 cm³/mol. The van der Waals surface area contributed by atoms with Crippen molar-refractivity contribution in [2.45, 2.75) is 173 Å². The molecule has 3 aromatic heterocycles. The second kappa shape index (κ2) is 32.2. The molecule has 27 heteroatoms. The lowest BCUT2D eigenvalue weighted by Gasteiger charge is -2.46. The molecule has 99 heavy (non-hydrogen) atoms. The number of hydrogen-bond acceptors (Lipinski definition) is 18. The average molecular weight is 1360 g/mol.